The van der Waals surface area contributed by atoms with Crippen LogP contribution >= 0.6 is 0 Å². The fourth-order valence-corrected chi connectivity index (χ4v) is 6.82. The summed E-state index contributed by atoms with van der Waals surface area (Å²) < 4.78 is 0. The van der Waals surface area contributed by atoms with Crippen LogP contribution in [0.1, 0.15) is 25.0 Å². The maximum Gasteiger partial charge on any atom is 0.0462 e. The van der Waals surface area contributed by atoms with Crippen LogP contribution in [0.2, 0.25) is 0 Å². The molecule has 8 aromatic rings. The standard InChI is InChI=1S/C47H37N/c1-47(2,43-23-18-36-13-7-9-15-40(36)33-43)42-24-30-46(31-25-42)48(44-26-19-37(20-27-44)34-10-4-3-5-11-34)45-28-21-38(22-29-45)41-17-16-35-12-6-8-14-39(35)32-41/h3-33H,1-2H3. The monoisotopic (exact) mass is 615 g/mol. The highest BCUT2D eigenvalue weighted by Gasteiger charge is 2.24. The third kappa shape index (κ3) is 5.65. The molecule has 0 N–H and O–H groups in total. The number of hydrogen-bond donors (Lipinski definition) is 0. The van der Waals surface area contributed by atoms with E-state index in [1.165, 1.54) is 54.9 Å². The molecule has 8 aromatic carbocycles. The molecule has 1 heteroatoms. The lowest BCUT2D eigenvalue weighted by Crippen LogP contribution is -2.19. The molecule has 0 saturated heterocycles. The second-order valence-corrected chi connectivity index (χ2v) is 13.1. The highest BCUT2D eigenvalue weighted by Crippen LogP contribution is 2.39. The van der Waals surface area contributed by atoms with E-state index in [0.717, 1.165) is 17.1 Å². The maximum absolute atomic E-state index is 2.35. The summed E-state index contributed by atoms with van der Waals surface area (Å²) in [5.41, 5.74) is 10.7. The quantitative estimate of drug-likeness (QED) is 0.172. The Morgan fingerprint density at radius 1 is 0.312 bits per heavy atom. The number of benzene rings is 8. The first-order valence-electron chi connectivity index (χ1n) is 16.7. The predicted molar refractivity (Wildman–Crippen MR) is 206 cm³/mol. The zero-order chi connectivity index (χ0) is 32.5. The normalized spacial score (nSPS) is 11.5. The van der Waals surface area contributed by atoms with Crippen LogP contribution in [0.5, 0.6) is 0 Å². The summed E-state index contributed by atoms with van der Waals surface area (Å²) in [6, 6.07) is 68.2. The number of hydrogen-bond acceptors (Lipinski definition) is 1. The van der Waals surface area contributed by atoms with Crippen LogP contribution in [0.25, 0.3) is 43.8 Å². The number of fused-ring (bicyclic) bond motifs is 2. The van der Waals surface area contributed by atoms with Gasteiger partial charge in [-0.25, -0.2) is 0 Å². The number of anilines is 3. The zero-order valence-electron chi connectivity index (χ0n) is 27.3. The molecule has 0 bridgehead atoms. The minimum absolute atomic E-state index is 0.147. The highest BCUT2D eigenvalue weighted by atomic mass is 15.1. The van der Waals surface area contributed by atoms with Gasteiger partial charge < -0.3 is 4.90 Å². The molecule has 0 aliphatic carbocycles. The van der Waals surface area contributed by atoms with E-state index in [4.69, 9.17) is 0 Å². The third-order valence-electron chi connectivity index (χ3n) is 9.76. The Morgan fingerprint density at radius 2 is 0.708 bits per heavy atom. The Hall–Kier alpha value is -5.92. The van der Waals surface area contributed by atoms with Crippen LogP contribution in [-0.4, -0.2) is 0 Å². The van der Waals surface area contributed by atoms with Crippen molar-refractivity contribution in [1.29, 1.82) is 0 Å². The van der Waals surface area contributed by atoms with Gasteiger partial charge in [0.15, 0.2) is 0 Å². The van der Waals surface area contributed by atoms with Crippen LogP contribution in [0, 0.1) is 0 Å². The van der Waals surface area contributed by atoms with Gasteiger partial charge in [0.2, 0.25) is 0 Å². The largest absolute Gasteiger partial charge is 0.311 e. The Bertz CT molecular complexity index is 2330. The second-order valence-electron chi connectivity index (χ2n) is 13.1. The maximum atomic E-state index is 2.35. The first-order chi connectivity index (χ1) is 23.5. The molecule has 0 fully saturated rings. The molecular weight excluding hydrogens is 579 g/mol. The SMILES string of the molecule is CC(C)(c1ccc(N(c2ccc(-c3ccccc3)cc2)c2ccc(-c3ccc4ccccc4c3)cc2)cc1)c1ccc2ccccc2c1. The van der Waals surface area contributed by atoms with Gasteiger partial charge >= 0.3 is 0 Å². The highest BCUT2D eigenvalue weighted by molar-refractivity contribution is 5.88. The summed E-state index contributed by atoms with van der Waals surface area (Å²) in [4.78, 5) is 2.35. The number of rotatable bonds is 7. The molecular formula is C47H37N. The first-order valence-corrected chi connectivity index (χ1v) is 16.7. The summed E-state index contributed by atoms with van der Waals surface area (Å²) in [5, 5.41) is 5.06. The van der Waals surface area contributed by atoms with E-state index < -0.39 is 0 Å². The fraction of sp³-hybridized carbons (Fsp3) is 0.0638. The van der Waals surface area contributed by atoms with Crippen LogP contribution in [0.15, 0.2) is 188 Å². The number of nitrogens with zero attached hydrogens (tertiary/aromatic N) is 1. The van der Waals surface area contributed by atoms with Gasteiger partial charge in [0.25, 0.3) is 0 Å². The lowest BCUT2D eigenvalue weighted by Gasteiger charge is -2.29. The molecule has 8 rings (SSSR count). The van der Waals surface area contributed by atoms with E-state index in [2.05, 4.69) is 207 Å². The van der Waals surface area contributed by atoms with E-state index >= 15 is 0 Å². The molecule has 0 amide bonds. The molecule has 0 radical (unpaired) electrons. The van der Waals surface area contributed by atoms with Crippen molar-refractivity contribution in [3.8, 4) is 22.3 Å². The van der Waals surface area contributed by atoms with E-state index in [9.17, 15) is 0 Å². The Labute approximate surface area is 283 Å². The van der Waals surface area contributed by atoms with Crippen molar-refractivity contribution in [2.45, 2.75) is 19.3 Å². The second kappa shape index (κ2) is 12.4. The molecule has 0 unspecified atom stereocenters. The molecule has 0 atom stereocenters. The summed E-state index contributed by atoms with van der Waals surface area (Å²) >= 11 is 0. The lowest BCUT2D eigenvalue weighted by molar-refractivity contribution is 0.642. The first kappa shape index (κ1) is 29.5. The van der Waals surface area contributed by atoms with E-state index in [1.807, 2.05) is 0 Å². The summed E-state index contributed by atoms with van der Waals surface area (Å²) in [6.45, 7) is 4.63. The smallest absolute Gasteiger partial charge is 0.0462 e. The molecule has 1 nitrogen and oxygen atoms in total. The van der Waals surface area contributed by atoms with Crippen molar-refractivity contribution in [3.63, 3.8) is 0 Å². The topological polar surface area (TPSA) is 3.24 Å². The van der Waals surface area contributed by atoms with E-state index in [-0.39, 0.29) is 5.41 Å². The Balaban J connectivity index is 1.16. The average Bonchev–Trinajstić information content (AvgIpc) is 3.16. The Kier molecular flexibility index (Phi) is 7.59. The predicted octanol–water partition coefficient (Wildman–Crippen LogP) is 13.1. The van der Waals surface area contributed by atoms with Crippen molar-refractivity contribution < 1.29 is 0 Å². The van der Waals surface area contributed by atoms with E-state index in [0.29, 0.717) is 0 Å². The van der Waals surface area contributed by atoms with Gasteiger partial charge in [-0.15, -0.1) is 0 Å². The molecule has 0 aliphatic rings. The van der Waals surface area contributed by atoms with Crippen LogP contribution in [0.3, 0.4) is 0 Å². The minimum atomic E-state index is -0.147. The van der Waals surface area contributed by atoms with Crippen molar-refractivity contribution in [1.82, 2.24) is 0 Å². The molecule has 230 valence electrons. The van der Waals surface area contributed by atoms with Crippen molar-refractivity contribution in [2.24, 2.45) is 0 Å². The fourth-order valence-electron chi connectivity index (χ4n) is 6.82. The van der Waals surface area contributed by atoms with Gasteiger partial charge in [-0.05, 0) is 97.4 Å². The van der Waals surface area contributed by atoms with Crippen molar-refractivity contribution in [2.75, 3.05) is 4.90 Å². The Morgan fingerprint density at radius 3 is 1.29 bits per heavy atom. The lowest BCUT2D eigenvalue weighted by atomic mass is 9.77. The zero-order valence-corrected chi connectivity index (χ0v) is 27.3. The molecule has 0 spiro atoms. The van der Waals surface area contributed by atoms with Gasteiger partial charge in [-0.2, -0.15) is 0 Å². The summed E-state index contributed by atoms with van der Waals surface area (Å²) in [7, 11) is 0. The van der Waals surface area contributed by atoms with E-state index in [1.54, 1.807) is 0 Å². The average molecular weight is 616 g/mol. The van der Waals surface area contributed by atoms with Crippen molar-refractivity contribution in [3.05, 3.63) is 199 Å². The van der Waals surface area contributed by atoms with Gasteiger partial charge in [0.05, 0.1) is 0 Å². The summed E-state index contributed by atoms with van der Waals surface area (Å²) in [6.07, 6.45) is 0. The molecule has 0 aliphatic heterocycles. The molecule has 0 saturated carbocycles. The molecule has 48 heavy (non-hydrogen) atoms. The van der Waals surface area contributed by atoms with Crippen LogP contribution < -0.4 is 4.90 Å². The van der Waals surface area contributed by atoms with Gasteiger partial charge in [0, 0.05) is 22.5 Å². The molecule has 0 aromatic heterocycles. The molecule has 0 heterocycles. The van der Waals surface area contributed by atoms with Gasteiger partial charge in [0.1, 0.15) is 0 Å². The van der Waals surface area contributed by atoms with Crippen LogP contribution in [-0.2, 0) is 5.41 Å². The van der Waals surface area contributed by atoms with Crippen molar-refractivity contribution >= 4 is 38.6 Å². The van der Waals surface area contributed by atoms with Gasteiger partial charge in [-0.3, -0.25) is 0 Å². The summed E-state index contributed by atoms with van der Waals surface area (Å²) in [5.74, 6) is 0. The third-order valence-corrected chi connectivity index (χ3v) is 9.76. The minimum Gasteiger partial charge on any atom is -0.311 e. The van der Waals surface area contributed by atoms with Gasteiger partial charge in [-0.1, -0.05) is 159 Å². The van der Waals surface area contributed by atoms with Crippen LogP contribution in [0.4, 0.5) is 17.1 Å².